The van der Waals surface area contributed by atoms with Crippen LogP contribution >= 0.6 is 11.3 Å². The van der Waals surface area contributed by atoms with Gasteiger partial charge in [-0.1, -0.05) is 13.0 Å². The number of fused-ring (bicyclic) bond motifs is 1. The van der Waals surface area contributed by atoms with E-state index in [-0.39, 0.29) is 0 Å². The van der Waals surface area contributed by atoms with Gasteiger partial charge in [0.2, 0.25) is 0 Å². The van der Waals surface area contributed by atoms with Crippen molar-refractivity contribution in [2.24, 2.45) is 5.73 Å². The molecule has 1 atom stereocenters. The summed E-state index contributed by atoms with van der Waals surface area (Å²) >= 11 is 1.88. The van der Waals surface area contributed by atoms with Crippen molar-refractivity contribution in [1.82, 2.24) is 4.98 Å². The van der Waals surface area contributed by atoms with Crippen LogP contribution in [-0.4, -0.2) is 11.5 Å². The van der Waals surface area contributed by atoms with Crippen LogP contribution in [0, 0.1) is 0 Å². The molecule has 2 N–H and O–H groups in total. The number of hydrogen-bond acceptors (Lipinski definition) is 3. The zero-order valence-corrected chi connectivity index (χ0v) is 11.0. The average Bonchev–Trinajstić information content (AvgIpc) is 3.08. The summed E-state index contributed by atoms with van der Waals surface area (Å²) in [5, 5.41) is 1.34. The normalized spacial score (nSPS) is 17.5. The summed E-state index contributed by atoms with van der Waals surface area (Å²) in [4.78, 5) is 4.71. The van der Waals surface area contributed by atoms with Gasteiger partial charge in [0, 0.05) is 5.92 Å². The summed E-state index contributed by atoms with van der Waals surface area (Å²) < 4.78 is 1.34. The van der Waals surface area contributed by atoms with Crippen LogP contribution in [0.25, 0.3) is 10.2 Å². The molecule has 3 rings (SSSR count). The van der Waals surface area contributed by atoms with Gasteiger partial charge in [0.25, 0.3) is 0 Å². The van der Waals surface area contributed by atoms with Crippen LogP contribution in [0.1, 0.15) is 48.6 Å². The largest absolute Gasteiger partial charge is 0.330 e. The van der Waals surface area contributed by atoms with Crippen molar-refractivity contribution in [2.45, 2.75) is 38.0 Å². The molecule has 1 saturated carbocycles. The van der Waals surface area contributed by atoms with Crippen molar-refractivity contribution < 1.29 is 0 Å². The third-order valence-electron chi connectivity index (χ3n) is 3.52. The minimum absolute atomic E-state index is 0.552. The lowest BCUT2D eigenvalue weighted by molar-refractivity contribution is 0.691. The Kier molecular flexibility index (Phi) is 2.89. The number of thiazole rings is 1. The minimum Gasteiger partial charge on any atom is -0.330 e. The van der Waals surface area contributed by atoms with E-state index in [0.29, 0.717) is 5.92 Å². The molecule has 0 amide bonds. The highest BCUT2D eigenvalue weighted by atomic mass is 32.1. The lowest BCUT2D eigenvalue weighted by Gasteiger charge is -2.09. The van der Waals surface area contributed by atoms with Crippen LogP contribution in [0.2, 0.25) is 0 Å². The molecule has 1 unspecified atom stereocenters. The predicted molar refractivity (Wildman–Crippen MR) is 73.7 cm³/mol. The van der Waals surface area contributed by atoms with Crippen molar-refractivity contribution in [3.8, 4) is 0 Å². The Bertz CT molecular complexity index is 528. The van der Waals surface area contributed by atoms with Crippen LogP contribution in [0.15, 0.2) is 18.2 Å². The fourth-order valence-corrected chi connectivity index (χ4v) is 3.37. The zero-order chi connectivity index (χ0) is 11.8. The van der Waals surface area contributed by atoms with E-state index < -0.39 is 0 Å². The molecule has 1 aromatic heterocycles. The molecule has 2 nitrogen and oxygen atoms in total. The number of hydrogen-bond donors (Lipinski definition) is 1. The highest BCUT2D eigenvalue weighted by molar-refractivity contribution is 7.18. The molecule has 0 aliphatic heterocycles. The van der Waals surface area contributed by atoms with Crippen LogP contribution in [0.4, 0.5) is 0 Å². The van der Waals surface area contributed by atoms with Gasteiger partial charge in [-0.15, -0.1) is 11.3 Å². The maximum absolute atomic E-state index is 5.62. The molecule has 1 aromatic carbocycles. The number of nitrogens with two attached hydrogens (primary N) is 1. The Labute approximate surface area is 106 Å². The molecule has 1 heterocycles. The second-order valence-electron chi connectivity index (χ2n) is 5.03. The SMILES string of the molecule is CC(CCN)c1ccc2nc(C3CC3)sc2c1. The highest BCUT2D eigenvalue weighted by Gasteiger charge is 2.27. The molecule has 0 saturated heterocycles. The summed E-state index contributed by atoms with van der Waals surface area (Å²) in [5.74, 6) is 1.31. The third kappa shape index (κ3) is 2.22. The first-order valence-electron chi connectivity index (χ1n) is 6.38. The average molecular weight is 246 g/mol. The molecule has 1 fully saturated rings. The first kappa shape index (κ1) is 11.2. The Hall–Kier alpha value is -0.930. The topological polar surface area (TPSA) is 38.9 Å². The second kappa shape index (κ2) is 4.39. The van der Waals surface area contributed by atoms with E-state index in [0.717, 1.165) is 18.9 Å². The Morgan fingerprint density at radius 1 is 1.47 bits per heavy atom. The van der Waals surface area contributed by atoms with Crippen molar-refractivity contribution >= 4 is 21.6 Å². The Balaban J connectivity index is 1.94. The number of nitrogens with zero attached hydrogens (tertiary/aromatic N) is 1. The van der Waals surface area contributed by atoms with Gasteiger partial charge >= 0.3 is 0 Å². The maximum Gasteiger partial charge on any atom is 0.0969 e. The van der Waals surface area contributed by atoms with Crippen LogP contribution in [0.3, 0.4) is 0 Å². The first-order valence-corrected chi connectivity index (χ1v) is 7.20. The highest BCUT2D eigenvalue weighted by Crippen LogP contribution is 2.43. The van der Waals surface area contributed by atoms with E-state index >= 15 is 0 Å². The standard InChI is InChI=1S/C14H18N2S/c1-9(6-7-15)11-4-5-12-13(8-11)17-14(16-12)10-2-3-10/h4-5,8-10H,2-3,6-7,15H2,1H3. The van der Waals surface area contributed by atoms with E-state index in [9.17, 15) is 0 Å². The number of aromatic nitrogens is 1. The van der Waals surface area contributed by atoms with Crippen molar-refractivity contribution in [3.63, 3.8) is 0 Å². The summed E-state index contributed by atoms with van der Waals surface area (Å²) in [6, 6.07) is 6.68. The number of benzene rings is 1. The fraction of sp³-hybridized carbons (Fsp3) is 0.500. The minimum atomic E-state index is 0.552. The Morgan fingerprint density at radius 3 is 3.00 bits per heavy atom. The molecule has 0 radical (unpaired) electrons. The predicted octanol–water partition coefficient (Wildman–Crippen LogP) is 3.63. The van der Waals surface area contributed by atoms with Gasteiger partial charge in [0.15, 0.2) is 0 Å². The second-order valence-corrected chi connectivity index (χ2v) is 6.09. The number of rotatable bonds is 4. The van der Waals surface area contributed by atoms with E-state index in [1.165, 1.54) is 33.6 Å². The monoisotopic (exact) mass is 246 g/mol. The smallest absolute Gasteiger partial charge is 0.0969 e. The van der Waals surface area contributed by atoms with Gasteiger partial charge in [0.1, 0.15) is 0 Å². The lowest BCUT2D eigenvalue weighted by Crippen LogP contribution is -2.04. The molecule has 0 spiro atoms. The van der Waals surface area contributed by atoms with Crippen LogP contribution in [0.5, 0.6) is 0 Å². The van der Waals surface area contributed by atoms with E-state index in [1.54, 1.807) is 0 Å². The molecule has 0 bridgehead atoms. The van der Waals surface area contributed by atoms with Gasteiger partial charge in [-0.25, -0.2) is 4.98 Å². The van der Waals surface area contributed by atoms with Crippen molar-refractivity contribution in [3.05, 3.63) is 28.8 Å². The van der Waals surface area contributed by atoms with E-state index in [4.69, 9.17) is 10.7 Å². The molecule has 1 aliphatic carbocycles. The quantitative estimate of drug-likeness (QED) is 0.894. The Morgan fingerprint density at radius 2 is 2.29 bits per heavy atom. The van der Waals surface area contributed by atoms with Gasteiger partial charge in [-0.05, 0) is 49.4 Å². The maximum atomic E-state index is 5.62. The molecule has 90 valence electrons. The van der Waals surface area contributed by atoms with Gasteiger partial charge in [-0.2, -0.15) is 0 Å². The molecular formula is C14H18N2S. The van der Waals surface area contributed by atoms with Gasteiger partial charge < -0.3 is 5.73 Å². The molecule has 17 heavy (non-hydrogen) atoms. The fourth-order valence-electron chi connectivity index (χ4n) is 2.19. The zero-order valence-electron chi connectivity index (χ0n) is 10.1. The van der Waals surface area contributed by atoms with Crippen molar-refractivity contribution in [2.75, 3.05) is 6.54 Å². The van der Waals surface area contributed by atoms with Crippen molar-refractivity contribution in [1.29, 1.82) is 0 Å². The summed E-state index contributed by atoms with van der Waals surface area (Å²) in [5.41, 5.74) is 8.19. The van der Waals surface area contributed by atoms with Crippen LogP contribution < -0.4 is 5.73 Å². The summed E-state index contributed by atoms with van der Waals surface area (Å²) in [6.45, 7) is 3.01. The summed E-state index contributed by atoms with van der Waals surface area (Å²) in [7, 11) is 0. The molecular weight excluding hydrogens is 228 g/mol. The van der Waals surface area contributed by atoms with Gasteiger partial charge in [0.05, 0.1) is 15.2 Å². The molecule has 2 aromatic rings. The van der Waals surface area contributed by atoms with E-state index in [1.807, 2.05) is 11.3 Å². The lowest BCUT2D eigenvalue weighted by atomic mass is 9.98. The van der Waals surface area contributed by atoms with Gasteiger partial charge in [-0.3, -0.25) is 0 Å². The van der Waals surface area contributed by atoms with E-state index in [2.05, 4.69) is 25.1 Å². The third-order valence-corrected chi connectivity index (χ3v) is 4.71. The summed E-state index contributed by atoms with van der Waals surface area (Å²) in [6.07, 6.45) is 3.71. The molecule has 1 aliphatic rings. The first-order chi connectivity index (χ1) is 8.28. The molecule has 3 heteroatoms. The van der Waals surface area contributed by atoms with Crippen LogP contribution in [-0.2, 0) is 0 Å².